The first-order valence-corrected chi connectivity index (χ1v) is 26.9. The molecule has 0 N–H and O–H groups in total. The molecule has 1 aliphatic rings. The van der Waals surface area contributed by atoms with Gasteiger partial charge in [-0.3, -0.25) is 0 Å². The first-order chi connectivity index (χ1) is 41.6. The minimum absolute atomic E-state index is 0. The number of aryl methyl sites for hydroxylation is 2. The van der Waals surface area contributed by atoms with Crippen LogP contribution in [-0.4, -0.2) is 23.3 Å². The van der Waals surface area contributed by atoms with Crippen molar-refractivity contribution in [3.05, 3.63) is 243 Å². The van der Waals surface area contributed by atoms with Crippen molar-refractivity contribution < 1.29 is 34.0 Å². The number of pyridine rings is 1. The minimum Gasteiger partial charge on any atom is -0.509 e. The molecule has 5 aromatic heterocycles. The average molecular weight is 1230 g/mol. The summed E-state index contributed by atoms with van der Waals surface area (Å²) in [6, 6.07) is 77.8. The van der Waals surface area contributed by atoms with Gasteiger partial charge in [0.15, 0.2) is 0 Å². The van der Waals surface area contributed by atoms with Gasteiger partial charge in [-0.25, -0.2) is 4.98 Å². The van der Waals surface area contributed by atoms with Crippen LogP contribution in [0.25, 0.3) is 110 Å². The van der Waals surface area contributed by atoms with E-state index in [-0.39, 0.29) is 26.5 Å². The van der Waals surface area contributed by atoms with Crippen LogP contribution in [-0.2, 0) is 40.4 Å². The zero-order valence-corrected chi connectivity index (χ0v) is 46.5. The summed E-state index contributed by atoms with van der Waals surface area (Å²) in [6.45, 7) is 3.11. The van der Waals surface area contributed by atoms with Gasteiger partial charge in [-0.1, -0.05) is 142 Å². The topological polar surface area (TPSA) is 48.3 Å². The Bertz CT molecular complexity index is 5140. The Morgan fingerprint density at radius 1 is 0.494 bits per heavy atom. The van der Waals surface area contributed by atoms with Gasteiger partial charge in [-0.15, -0.1) is 48.1 Å². The molecule has 1 aliphatic heterocycles. The van der Waals surface area contributed by atoms with Gasteiger partial charge in [-0.05, 0) is 88.7 Å². The van der Waals surface area contributed by atoms with Crippen LogP contribution in [0.15, 0.2) is 219 Å². The molecular formula is C72H52N7OPt-3. The normalized spacial score (nSPS) is 14.2. The fourth-order valence-electron chi connectivity index (χ4n) is 12.6. The first kappa shape index (κ1) is 42.6. The second kappa shape index (κ2) is 18.3. The average Bonchev–Trinajstić information content (AvgIpc) is 1.57. The van der Waals surface area contributed by atoms with E-state index in [0.717, 1.165) is 77.5 Å². The molecule has 0 bridgehead atoms. The molecule has 8 nitrogen and oxygen atoms in total. The number of fused-ring (bicyclic) bond motifs is 13. The maximum absolute atomic E-state index is 9.28. The number of hydrogen-bond acceptors (Lipinski definition) is 4. The third kappa shape index (κ3) is 7.29. The molecule has 0 amide bonds. The number of benzene rings is 10. The van der Waals surface area contributed by atoms with Crippen LogP contribution in [0.5, 0.6) is 11.5 Å². The summed E-state index contributed by atoms with van der Waals surface area (Å²) in [5.41, 5.74) is 11.8. The molecule has 16 rings (SSSR count). The molecule has 394 valence electrons. The molecule has 0 radical (unpaired) electrons. The Hall–Kier alpha value is -9.36. The molecule has 0 spiro atoms. The molecule has 9 heteroatoms. The van der Waals surface area contributed by atoms with Crippen molar-refractivity contribution in [1.29, 1.82) is 0 Å². The second-order valence-electron chi connectivity index (χ2n) is 21.7. The molecule has 0 atom stereocenters. The predicted octanol–water partition coefficient (Wildman–Crippen LogP) is 18.3. The van der Waals surface area contributed by atoms with Crippen molar-refractivity contribution in [3.8, 4) is 34.1 Å². The number of rotatable bonds is 7. The Labute approximate surface area is 491 Å². The summed E-state index contributed by atoms with van der Waals surface area (Å²) < 4.78 is 69.8. The van der Waals surface area contributed by atoms with Gasteiger partial charge in [0.25, 0.3) is 0 Å². The van der Waals surface area contributed by atoms with Crippen molar-refractivity contribution in [2.45, 2.75) is 26.2 Å². The van der Waals surface area contributed by atoms with Crippen LogP contribution in [0.2, 0.25) is 0 Å². The summed E-state index contributed by atoms with van der Waals surface area (Å²) in [4.78, 5) is 8.93. The number of aromatic nitrogens is 5. The molecular weight excluding hydrogens is 1170 g/mol. The number of ether oxygens (including phenoxy) is 1. The second-order valence-corrected chi connectivity index (χ2v) is 21.7. The molecule has 0 unspecified atom stereocenters. The molecule has 0 saturated carbocycles. The number of anilines is 4. The fourth-order valence-corrected chi connectivity index (χ4v) is 12.6. The third-order valence-corrected chi connectivity index (χ3v) is 16.2. The SMILES string of the molecule is [2H]C([2H])([2H])n1c2ccccc2c2c(-c3ccccc3)c3c4ccccc4n(C([2H])([2H])[2H])c3c(N3[CH-]N(c4[c-]c(Oc5[c-]c6c(cc5)c5cc(-n7c8ccccc8c8ccccc87)ccc5n6-c5cc(C(C)(C)C)ccn5)ccc4)c4ccccc43)c21.[Pt]. The van der Waals surface area contributed by atoms with Crippen LogP contribution in [0.4, 0.5) is 22.7 Å². The van der Waals surface area contributed by atoms with E-state index >= 15 is 0 Å². The summed E-state index contributed by atoms with van der Waals surface area (Å²) in [5, 5.41) is 7.24. The van der Waals surface area contributed by atoms with Gasteiger partial charge in [-0.2, -0.15) is 12.1 Å². The molecule has 0 fully saturated rings. The van der Waals surface area contributed by atoms with Crippen LogP contribution in [0.1, 0.15) is 34.6 Å². The van der Waals surface area contributed by atoms with E-state index in [1.165, 1.54) is 19.9 Å². The molecule has 15 aromatic rings. The van der Waals surface area contributed by atoms with E-state index in [1.54, 1.807) is 0 Å². The molecule has 0 saturated heterocycles. The van der Waals surface area contributed by atoms with Crippen molar-refractivity contribution >= 4 is 110 Å². The van der Waals surface area contributed by atoms with E-state index in [0.29, 0.717) is 61.4 Å². The predicted molar refractivity (Wildman–Crippen MR) is 331 cm³/mol. The van der Waals surface area contributed by atoms with Gasteiger partial charge < -0.3 is 32.8 Å². The van der Waals surface area contributed by atoms with Gasteiger partial charge in [0.1, 0.15) is 5.82 Å². The van der Waals surface area contributed by atoms with Gasteiger partial charge >= 0.3 is 0 Å². The van der Waals surface area contributed by atoms with Gasteiger partial charge in [0, 0.05) is 132 Å². The van der Waals surface area contributed by atoms with Crippen molar-refractivity contribution in [2.75, 3.05) is 9.80 Å². The summed E-state index contributed by atoms with van der Waals surface area (Å²) >= 11 is 0. The summed E-state index contributed by atoms with van der Waals surface area (Å²) in [5.74, 6) is 1.66. The van der Waals surface area contributed by atoms with E-state index in [9.17, 15) is 8.22 Å². The largest absolute Gasteiger partial charge is 0.509 e. The van der Waals surface area contributed by atoms with E-state index in [1.807, 2.05) is 150 Å². The Morgan fingerprint density at radius 3 is 1.73 bits per heavy atom. The first-order valence-electron chi connectivity index (χ1n) is 29.9. The van der Waals surface area contributed by atoms with E-state index in [2.05, 4.69) is 127 Å². The molecule has 6 heterocycles. The number of para-hydroxylation sites is 6. The standard InChI is InChI=1S/C72H52N7O.Pt/c1-72(2,3)46-38-39-73-65(40-46)79-61-37-34-48(78-59-30-15-9-24-51(59)52-25-10-16-31-60(52)78)42-56(61)53-36-35-50(43-64(53)79)80-49-23-19-22-47(41-49)76-44-77(63-33-18-17-32-62(63)76)71-69-67(54-26-11-13-28-57(54)74(69)4)66(45-20-7-6-8-21-45)68-55-27-12-14-29-58(55)75(5)70(68)71;/h6-40,42,44H,1-5H3;/q-3;/i4D3,5D3;. The molecule has 81 heavy (non-hydrogen) atoms. The van der Waals surface area contributed by atoms with E-state index in [4.69, 9.17) is 9.72 Å². The van der Waals surface area contributed by atoms with Gasteiger partial charge in [0.05, 0.1) is 27.8 Å². The summed E-state index contributed by atoms with van der Waals surface area (Å²) in [7, 11) is 0. The number of hydrogen-bond donors (Lipinski definition) is 0. The van der Waals surface area contributed by atoms with E-state index < -0.39 is 14.0 Å². The fraction of sp³-hybridized carbons (Fsp3) is 0.0833. The molecule has 0 aliphatic carbocycles. The Kier molecular flexibility index (Phi) is 9.64. The Morgan fingerprint density at radius 2 is 1.07 bits per heavy atom. The van der Waals surface area contributed by atoms with Crippen LogP contribution in [0.3, 0.4) is 0 Å². The van der Waals surface area contributed by atoms with Gasteiger partial charge in [0.2, 0.25) is 0 Å². The molecule has 10 aromatic carbocycles. The number of nitrogens with zero attached hydrogens (tertiary/aromatic N) is 7. The zero-order valence-electron chi connectivity index (χ0n) is 50.2. The maximum atomic E-state index is 9.28. The zero-order chi connectivity index (χ0) is 58.5. The third-order valence-electron chi connectivity index (χ3n) is 16.2. The van der Waals surface area contributed by atoms with Crippen LogP contribution >= 0.6 is 0 Å². The van der Waals surface area contributed by atoms with Crippen LogP contribution < -0.4 is 14.5 Å². The minimum atomic E-state index is -2.70. The van der Waals surface area contributed by atoms with Crippen LogP contribution in [0, 0.1) is 18.8 Å². The smallest absolute Gasteiger partial charge is 0.135 e. The monoisotopic (exact) mass is 1230 g/mol. The quantitative estimate of drug-likeness (QED) is 0.149. The van der Waals surface area contributed by atoms with Crippen molar-refractivity contribution in [3.63, 3.8) is 0 Å². The van der Waals surface area contributed by atoms with Crippen molar-refractivity contribution in [1.82, 2.24) is 23.3 Å². The maximum Gasteiger partial charge on any atom is 0.135 e. The Balaban J connectivity index is 0.00000638. The summed E-state index contributed by atoms with van der Waals surface area (Å²) in [6.07, 6.45) is 1.88. The van der Waals surface area contributed by atoms with Crippen molar-refractivity contribution in [2.24, 2.45) is 14.0 Å².